The lowest BCUT2D eigenvalue weighted by atomic mass is 9.98. The Balaban J connectivity index is 1.55. The predicted molar refractivity (Wildman–Crippen MR) is 120 cm³/mol. The SMILES string of the molecule is Cc1ccc(C)c(S(=O)(=O)N2CCCC(C(=O)Nc3cccc4ccccc34)C2)c1. The molecular weight excluding hydrogens is 396 g/mol. The third kappa shape index (κ3) is 3.98. The molecule has 0 spiro atoms. The summed E-state index contributed by atoms with van der Waals surface area (Å²) in [6.45, 7) is 4.33. The van der Waals surface area contributed by atoms with Gasteiger partial charge < -0.3 is 5.32 Å². The van der Waals surface area contributed by atoms with E-state index in [1.165, 1.54) is 4.31 Å². The fraction of sp³-hybridized carbons (Fsp3) is 0.292. The molecule has 156 valence electrons. The number of anilines is 1. The summed E-state index contributed by atoms with van der Waals surface area (Å²) in [5.41, 5.74) is 2.39. The van der Waals surface area contributed by atoms with E-state index in [1.54, 1.807) is 13.0 Å². The van der Waals surface area contributed by atoms with Gasteiger partial charge >= 0.3 is 0 Å². The van der Waals surface area contributed by atoms with Crippen molar-refractivity contribution in [1.82, 2.24) is 4.31 Å². The zero-order valence-corrected chi connectivity index (χ0v) is 18.1. The molecule has 1 heterocycles. The minimum Gasteiger partial charge on any atom is -0.325 e. The summed E-state index contributed by atoms with van der Waals surface area (Å²) in [5, 5.41) is 5.06. The largest absolute Gasteiger partial charge is 0.325 e. The lowest BCUT2D eigenvalue weighted by Gasteiger charge is -2.31. The maximum Gasteiger partial charge on any atom is 0.243 e. The van der Waals surface area contributed by atoms with E-state index in [1.807, 2.05) is 61.5 Å². The molecule has 1 aliphatic heterocycles. The van der Waals surface area contributed by atoms with Crippen LogP contribution in [0.25, 0.3) is 10.8 Å². The summed E-state index contributed by atoms with van der Waals surface area (Å²) in [6.07, 6.45) is 1.34. The van der Waals surface area contributed by atoms with Gasteiger partial charge in [-0.25, -0.2) is 8.42 Å². The molecule has 0 saturated carbocycles. The normalized spacial score (nSPS) is 17.7. The zero-order chi connectivity index (χ0) is 21.3. The molecular formula is C24H26N2O3S. The molecule has 1 aliphatic rings. The fourth-order valence-corrected chi connectivity index (χ4v) is 5.90. The van der Waals surface area contributed by atoms with Crippen LogP contribution in [0, 0.1) is 19.8 Å². The van der Waals surface area contributed by atoms with Gasteiger partial charge in [0.2, 0.25) is 15.9 Å². The first-order chi connectivity index (χ1) is 14.4. The Morgan fingerprint density at radius 3 is 2.63 bits per heavy atom. The summed E-state index contributed by atoms with van der Waals surface area (Å²) in [7, 11) is -3.64. The first-order valence-corrected chi connectivity index (χ1v) is 11.7. The number of hydrogen-bond acceptors (Lipinski definition) is 3. The van der Waals surface area contributed by atoms with Gasteiger partial charge in [0.25, 0.3) is 0 Å². The third-order valence-corrected chi connectivity index (χ3v) is 7.77. The molecule has 0 radical (unpaired) electrons. The Labute approximate surface area is 177 Å². The molecule has 0 aromatic heterocycles. The molecule has 1 saturated heterocycles. The van der Waals surface area contributed by atoms with Gasteiger partial charge in [0.05, 0.1) is 10.8 Å². The second-order valence-electron chi connectivity index (χ2n) is 7.99. The van der Waals surface area contributed by atoms with Gasteiger partial charge in [0.1, 0.15) is 0 Å². The number of nitrogens with one attached hydrogen (secondary N) is 1. The summed E-state index contributed by atoms with van der Waals surface area (Å²) >= 11 is 0. The summed E-state index contributed by atoms with van der Waals surface area (Å²) in [6, 6.07) is 19.1. The van der Waals surface area contributed by atoms with Crippen molar-refractivity contribution in [2.75, 3.05) is 18.4 Å². The molecule has 0 aliphatic carbocycles. The summed E-state index contributed by atoms with van der Waals surface area (Å²) in [5.74, 6) is -0.509. The van der Waals surface area contributed by atoms with Crippen LogP contribution in [-0.4, -0.2) is 31.7 Å². The van der Waals surface area contributed by atoms with Crippen LogP contribution in [0.5, 0.6) is 0 Å². The number of benzene rings is 3. The van der Waals surface area contributed by atoms with Crippen molar-refractivity contribution in [1.29, 1.82) is 0 Å². The third-order valence-electron chi connectivity index (χ3n) is 5.76. The Kier molecular flexibility index (Phi) is 5.62. The average molecular weight is 423 g/mol. The van der Waals surface area contributed by atoms with Gasteiger partial charge in [0.15, 0.2) is 0 Å². The van der Waals surface area contributed by atoms with Gasteiger partial charge in [-0.05, 0) is 55.3 Å². The second kappa shape index (κ2) is 8.20. The number of hydrogen-bond donors (Lipinski definition) is 1. The van der Waals surface area contributed by atoms with Gasteiger partial charge in [-0.3, -0.25) is 4.79 Å². The maximum atomic E-state index is 13.3. The molecule has 1 atom stereocenters. The molecule has 4 rings (SSSR count). The van der Waals surface area contributed by atoms with E-state index in [4.69, 9.17) is 0 Å². The number of nitrogens with zero attached hydrogens (tertiary/aromatic N) is 1. The predicted octanol–water partition coefficient (Wildman–Crippen LogP) is 4.50. The molecule has 1 N–H and O–H groups in total. The van der Waals surface area contributed by atoms with Crippen molar-refractivity contribution >= 4 is 32.4 Å². The first kappa shape index (κ1) is 20.6. The van der Waals surface area contributed by atoms with E-state index in [9.17, 15) is 13.2 Å². The van der Waals surface area contributed by atoms with E-state index in [0.29, 0.717) is 24.3 Å². The number of amides is 1. The molecule has 6 heteroatoms. The number of fused-ring (bicyclic) bond motifs is 1. The molecule has 1 fully saturated rings. The van der Waals surface area contributed by atoms with Crippen LogP contribution in [0.1, 0.15) is 24.0 Å². The number of aryl methyl sites for hydroxylation is 2. The van der Waals surface area contributed by atoms with E-state index in [-0.39, 0.29) is 18.4 Å². The zero-order valence-electron chi connectivity index (χ0n) is 17.3. The highest BCUT2D eigenvalue weighted by Gasteiger charge is 2.34. The second-order valence-corrected chi connectivity index (χ2v) is 9.89. The maximum absolute atomic E-state index is 13.3. The van der Waals surface area contributed by atoms with Gasteiger partial charge in [0, 0.05) is 24.2 Å². The molecule has 1 amide bonds. The van der Waals surface area contributed by atoms with Crippen molar-refractivity contribution in [2.24, 2.45) is 5.92 Å². The van der Waals surface area contributed by atoms with E-state index in [2.05, 4.69) is 5.32 Å². The van der Waals surface area contributed by atoms with E-state index >= 15 is 0 Å². The molecule has 3 aromatic rings. The quantitative estimate of drug-likeness (QED) is 0.673. The van der Waals surface area contributed by atoms with Gasteiger partial charge in [-0.2, -0.15) is 4.31 Å². The average Bonchev–Trinajstić information content (AvgIpc) is 2.75. The highest BCUT2D eigenvalue weighted by Crippen LogP contribution is 2.28. The fourth-order valence-electron chi connectivity index (χ4n) is 4.07. The van der Waals surface area contributed by atoms with Gasteiger partial charge in [-0.15, -0.1) is 0 Å². The van der Waals surface area contributed by atoms with Crippen molar-refractivity contribution in [3.63, 3.8) is 0 Å². The van der Waals surface area contributed by atoms with E-state index in [0.717, 1.165) is 27.6 Å². The van der Waals surface area contributed by atoms with Crippen LogP contribution >= 0.6 is 0 Å². The Morgan fingerprint density at radius 1 is 1.03 bits per heavy atom. The van der Waals surface area contributed by atoms with Crippen molar-refractivity contribution in [2.45, 2.75) is 31.6 Å². The minimum absolute atomic E-state index is 0.132. The van der Waals surface area contributed by atoms with Gasteiger partial charge in [-0.1, -0.05) is 48.5 Å². The molecule has 3 aromatic carbocycles. The van der Waals surface area contributed by atoms with Crippen LogP contribution < -0.4 is 5.32 Å². The van der Waals surface area contributed by atoms with Crippen molar-refractivity contribution in [3.8, 4) is 0 Å². The topological polar surface area (TPSA) is 66.5 Å². The van der Waals surface area contributed by atoms with Crippen LogP contribution in [0.2, 0.25) is 0 Å². The highest BCUT2D eigenvalue weighted by molar-refractivity contribution is 7.89. The smallest absolute Gasteiger partial charge is 0.243 e. The van der Waals surface area contributed by atoms with Crippen molar-refractivity contribution in [3.05, 3.63) is 71.8 Å². The van der Waals surface area contributed by atoms with Crippen LogP contribution in [-0.2, 0) is 14.8 Å². The number of piperidine rings is 1. The monoisotopic (exact) mass is 422 g/mol. The number of carbonyl (C=O) groups is 1. The minimum atomic E-state index is -3.64. The van der Waals surface area contributed by atoms with E-state index < -0.39 is 10.0 Å². The Hall–Kier alpha value is -2.70. The summed E-state index contributed by atoms with van der Waals surface area (Å²) in [4.78, 5) is 13.3. The van der Waals surface area contributed by atoms with Crippen molar-refractivity contribution < 1.29 is 13.2 Å². The number of rotatable bonds is 4. The first-order valence-electron chi connectivity index (χ1n) is 10.2. The van der Waals surface area contributed by atoms with Crippen LogP contribution in [0.3, 0.4) is 0 Å². The Morgan fingerprint density at radius 2 is 1.80 bits per heavy atom. The standard InChI is InChI=1S/C24H26N2O3S/c1-17-12-13-18(2)23(15-17)30(28,29)26-14-6-9-20(16-26)24(27)25-22-11-5-8-19-7-3-4-10-21(19)22/h3-5,7-8,10-13,15,20H,6,9,14,16H2,1-2H3,(H,25,27). The lowest BCUT2D eigenvalue weighted by Crippen LogP contribution is -2.43. The molecule has 1 unspecified atom stereocenters. The molecule has 0 bridgehead atoms. The Bertz CT molecular complexity index is 1200. The van der Waals surface area contributed by atoms with Crippen LogP contribution in [0.15, 0.2) is 65.6 Å². The molecule has 5 nitrogen and oxygen atoms in total. The number of carbonyl (C=O) groups excluding carboxylic acids is 1. The lowest BCUT2D eigenvalue weighted by molar-refractivity contribution is -0.120. The highest BCUT2D eigenvalue weighted by atomic mass is 32.2. The summed E-state index contributed by atoms with van der Waals surface area (Å²) < 4.78 is 28.0. The number of sulfonamides is 1. The van der Waals surface area contributed by atoms with Crippen LogP contribution in [0.4, 0.5) is 5.69 Å². The molecule has 30 heavy (non-hydrogen) atoms.